The third kappa shape index (κ3) is 2.55. The van der Waals surface area contributed by atoms with Gasteiger partial charge in [-0.05, 0) is 19.1 Å². The number of nitrogens with zero attached hydrogens (tertiary/aromatic N) is 1. The van der Waals surface area contributed by atoms with Crippen molar-refractivity contribution < 1.29 is 23.1 Å². The number of para-hydroxylation sites is 1. The first kappa shape index (κ1) is 13.4. The lowest BCUT2D eigenvalue weighted by atomic mass is 10.3. The Balaban J connectivity index is 2.60. The van der Waals surface area contributed by atoms with E-state index in [1.165, 1.54) is 19.1 Å². The number of carbonyl (C=O) groups is 1. The van der Waals surface area contributed by atoms with Crippen LogP contribution in [-0.2, 0) is 14.6 Å². The van der Waals surface area contributed by atoms with Crippen molar-refractivity contribution in [2.75, 3.05) is 17.3 Å². The minimum Gasteiger partial charge on any atom is -0.494 e. The summed E-state index contributed by atoms with van der Waals surface area (Å²) in [4.78, 5) is 12.1. The fourth-order valence-electron chi connectivity index (χ4n) is 1.87. The van der Waals surface area contributed by atoms with Gasteiger partial charge >= 0.3 is 6.09 Å². The first-order chi connectivity index (χ1) is 8.93. The molecule has 0 saturated carbocycles. The van der Waals surface area contributed by atoms with Crippen molar-refractivity contribution >= 4 is 21.6 Å². The highest BCUT2D eigenvalue weighted by Crippen LogP contribution is 2.28. The zero-order chi connectivity index (χ0) is 14.0. The van der Waals surface area contributed by atoms with E-state index in [1.807, 2.05) is 0 Å². The summed E-state index contributed by atoms with van der Waals surface area (Å²) in [6.07, 6.45) is -1.37. The smallest absolute Gasteiger partial charge is 0.417 e. The Morgan fingerprint density at radius 1 is 1.32 bits per heavy atom. The molecule has 0 aliphatic carbocycles. The zero-order valence-electron chi connectivity index (χ0n) is 10.2. The summed E-state index contributed by atoms with van der Waals surface area (Å²) < 4.78 is 29.3. The highest BCUT2D eigenvalue weighted by Gasteiger charge is 2.35. The molecule has 2 rings (SSSR count). The summed E-state index contributed by atoms with van der Waals surface area (Å²) in [6.45, 7) is 1.49. The van der Waals surface area contributed by atoms with Gasteiger partial charge in [0.25, 0.3) is 0 Å². The van der Waals surface area contributed by atoms with Crippen LogP contribution >= 0.6 is 0 Å². The van der Waals surface area contributed by atoms with Crippen LogP contribution < -0.4 is 4.90 Å². The van der Waals surface area contributed by atoms with Gasteiger partial charge in [-0.1, -0.05) is 18.2 Å². The second kappa shape index (κ2) is 4.93. The van der Waals surface area contributed by atoms with E-state index in [2.05, 4.69) is 0 Å². The molecule has 6 nitrogen and oxygen atoms in total. The molecule has 1 aliphatic heterocycles. The third-order valence-electron chi connectivity index (χ3n) is 2.68. The fourth-order valence-corrected chi connectivity index (χ4v) is 3.32. The molecular formula is C12H13NO5S. The van der Waals surface area contributed by atoms with E-state index in [0.717, 1.165) is 4.90 Å². The van der Waals surface area contributed by atoms with E-state index in [9.17, 15) is 18.3 Å². The summed E-state index contributed by atoms with van der Waals surface area (Å²) in [5.41, 5.74) is 0.262. The Bertz CT molecular complexity index is 621. The SMILES string of the molecule is CC1=C(N(C(=O)O)c2ccccc2)S(=O)(=O)CCO1. The van der Waals surface area contributed by atoms with E-state index < -0.39 is 15.9 Å². The lowest BCUT2D eigenvalue weighted by Crippen LogP contribution is -2.37. The van der Waals surface area contributed by atoms with Crippen molar-refractivity contribution in [3.05, 3.63) is 41.1 Å². The van der Waals surface area contributed by atoms with Crippen molar-refractivity contribution in [3.8, 4) is 0 Å². The molecule has 1 amide bonds. The molecule has 0 fully saturated rings. The first-order valence-corrected chi connectivity index (χ1v) is 7.23. The second-order valence-corrected chi connectivity index (χ2v) is 6.01. The number of benzene rings is 1. The van der Waals surface area contributed by atoms with Crippen molar-refractivity contribution in [2.24, 2.45) is 0 Å². The summed E-state index contributed by atoms with van der Waals surface area (Å²) in [5, 5.41) is 8.99. The molecule has 1 aromatic rings. The Hall–Kier alpha value is -2.02. The Labute approximate surface area is 110 Å². The maximum Gasteiger partial charge on any atom is 0.417 e. The van der Waals surface area contributed by atoms with E-state index in [0.29, 0.717) is 0 Å². The monoisotopic (exact) mass is 283 g/mol. The first-order valence-electron chi connectivity index (χ1n) is 5.58. The van der Waals surface area contributed by atoms with Gasteiger partial charge in [-0.2, -0.15) is 0 Å². The van der Waals surface area contributed by atoms with Crippen LogP contribution in [0.25, 0.3) is 0 Å². The largest absolute Gasteiger partial charge is 0.494 e. The molecule has 1 N–H and O–H groups in total. The number of hydrogen-bond donors (Lipinski definition) is 1. The molecule has 1 aromatic carbocycles. The summed E-state index contributed by atoms with van der Waals surface area (Å²) >= 11 is 0. The van der Waals surface area contributed by atoms with Crippen LogP contribution in [-0.4, -0.2) is 32.0 Å². The van der Waals surface area contributed by atoms with Gasteiger partial charge in [0.1, 0.15) is 12.4 Å². The van der Waals surface area contributed by atoms with Crippen LogP contribution in [0.5, 0.6) is 0 Å². The molecule has 0 atom stereocenters. The van der Waals surface area contributed by atoms with Crippen LogP contribution in [0.15, 0.2) is 41.1 Å². The molecule has 0 saturated heterocycles. The highest BCUT2D eigenvalue weighted by atomic mass is 32.2. The second-order valence-electron chi connectivity index (χ2n) is 3.98. The number of sulfone groups is 1. The van der Waals surface area contributed by atoms with Crippen LogP contribution in [0.2, 0.25) is 0 Å². The molecule has 102 valence electrons. The van der Waals surface area contributed by atoms with Crippen LogP contribution in [0.1, 0.15) is 6.92 Å². The van der Waals surface area contributed by atoms with Gasteiger partial charge in [-0.25, -0.2) is 18.1 Å². The third-order valence-corrected chi connectivity index (χ3v) is 4.44. The molecule has 0 aromatic heterocycles. The van der Waals surface area contributed by atoms with Crippen LogP contribution in [0, 0.1) is 0 Å². The van der Waals surface area contributed by atoms with Gasteiger partial charge in [0.05, 0.1) is 11.4 Å². The van der Waals surface area contributed by atoms with Gasteiger partial charge in [0, 0.05) is 0 Å². The van der Waals surface area contributed by atoms with Crippen molar-refractivity contribution in [3.63, 3.8) is 0 Å². The van der Waals surface area contributed by atoms with Crippen LogP contribution in [0.4, 0.5) is 10.5 Å². The fraction of sp³-hybridized carbons (Fsp3) is 0.250. The topological polar surface area (TPSA) is 83.9 Å². The minimum absolute atomic E-state index is 0.0416. The van der Waals surface area contributed by atoms with Gasteiger partial charge in [0.15, 0.2) is 5.03 Å². The van der Waals surface area contributed by atoms with Gasteiger partial charge in [-0.3, -0.25) is 0 Å². The number of rotatable bonds is 2. The molecule has 0 spiro atoms. The van der Waals surface area contributed by atoms with Crippen molar-refractivity contribution in [1.82, 2.24) is 0 Å². The molecule has 1 heterocycles. The van der Waals surface area contributed by atoms with Crippen molar-refractivity contribution in [2.45, 2.75) is 6.92 Å². The normalized spacial score (nSPS) is 17.7. The van der Waals surface area contributed by atoms with Crippen LogP contribution in [0.3, 0.4) is 0 Å². The standard InChI is InChI=1S/C12H13NO5S/c1-9-11(19(16,17)8-7-18-9)13(12(14)15)10-5-3-2-4-6-10/h2-6H,7-8H2,1H3,(H,14,15). The molecule has 0 unspecified atom stereocenters. The molecule has 0 bridgehead atoms. The number of allylic oxidation sites excluding steroid dienone is 1. The van der Waals surface area contributed by atoms with Gasteiger partial charge < -0.3 is 9.84 Å². The molecule has 7 heteroatoms. The summed E-state index contributed by atoms with van der Waals surface area (Å²) in [5.74, 6) is -0.131. The lowest BCUT2D eigenvalue weighted by Gasteiger charge is -2.27. The Morgan fingerprint density at radius 2 is 1.95 bits per heavy atom. The maximum absolute atomic E-state index is 12.1. The number of carboxylic acid groups (broad SMARTS) is 1. The molecule has 0 radical (unpaired) electrons. The lowest BCUT2D eigenvalue weighted by molar-refractivity contribution is 0.200. The van der Waals surface area contributed by atoms with E-state index in [1.54, 1.807) is 18.2 Å². The quantitative estimate of drug-likeness (QED) is 0.894. The predicted octanol–water partition coefficient (Wildman–Crippen LogP) is 1.80. The summed E-state index contributed by atoms with van der Waals surface area (Å²) in [7, 11) is -3.67. The number of anilines is 1. The highest BCUT2D eigenvalue weighted by molar-refractivity contribution is 7.95. The number of ether oxygens (including phenoxy) is 1. The zero-order valence-corrected chi connectivity index (χ0v) is 11.1. The average Bonchev–Trinajstić information content (AvgIpc) is 2.34. The molecule has 1 aliphatic rings. The summed E-state index contributed by atoms with van der Waals surface area (Å²) in [6, 6.07) is 8.04. The van der Waals surface area contributed by atoms with E-state index in [4.69, 9.17) is 4.74 Å². The number of amides is 1. The Kier molecular flexibility index (Phi) is 3.48. The minimum atomic E-state index is -3.67. The van der Waals surface area contributed by atoms with E-state index in [-0.39, 0.29) is 28.8 Å². The number of hydrogen-bond acceptors (Lipinski definition) is 4. The Morgan fingerprint density at radius 3 is 2.47 bits per heavy atom. The van der Waals surface area contributed by atoms with Gasteiger partial charge in [-0.15, -0.1) is 0 Å². The molecular weight excluding hydrogens is 270 g/mol. The maximum atomic E-state index is 12.1. The molecule has 19 heavy (non-hydrogen) atoms. The predicted molar refractivity (Wildman–Crippen MR) is 69.4 cm³/mol. The van der Waals surface area contributed by atoms with E-state index >= 15 is 0 Å². The van der Waals surface area contributed by atoms with Crippen molar-refractivity contribution in [1.29, 1.82) is 0 Å². The van der Waals surface area contributed by atoms with Gasteiger partial charge in [0.2, 0.25) is 9.84 Å². The average molecular weight is 283 g/mol.